The number of aromatic nitrogens is 2. The van der Waals surface area contributed by atoms with Crippen molar-refractivity contribution in [3.63, 3.8) is 0 Å². The van der Waals surface area contributed by atoms with Crippen LogP contribution in [0.1, 0.15) is 30.7 Å². The van der Waals surface area contributed by atoms with Gasteiger partial charge < -0.3 is 15.8 Å². The van der Waals surface area contributed by atoms with Gasteiger partial charge in [-0.25, -0.2) is 0 Å². The van der Waals surface area contributed by atoms with Gasteiger partial charge in [-0.1, -0.05) is 0 Å². The molecule has 1 saturated carbocycles. The molecule has 1 aromatic rings. The highest BCUT2D eigenvalue weighted by Crippen LogP contribution is 2.38. The first-order valence-corrected chi connectivity index (χ1v) is 7.26. The molecule has 1 saturated heterocycles. The molecule has 1 aliphatic heterocycles. The van der Waals surface area contributed by atoms with Crippen LogP contribution in [0.15, 0.2) is 0 Å². The number of nitrogens with one attached hydrogen (secondary N) is 1. The topological polar surface area (TPSA) is 82.2 Å². The standard InChI is InChI=1S/C14H22N4O2/c1-8-13(15)9(2)18(17-8)7-12(19)16-11-5-6-20-14(11)10-3-4-10/h10-11,14H,3-7,15H2,1-2H3,(H,16,19). The van der Waals surface area contributed by atoms with Gasteiger partial charge in [-0.05, 0) is 39.0 Å². The van der Waals surface area contributed by atoms with E-state index in [1.54, 1.807) is 4.68 Å². The summed E-state index contributed by atoms with van der Waals surface area (Å²) in [5.74, 6) is 0.629. The van der Waals surface area contributed by atoms with E-state index in [0.717, 1.165) is 24.4 Å². The number of anilines is 1. The van der Waals surface area contributed by atoms with Crippen LogP contribution < -0.4 is 11.1 Å². The molecule has 0 bridgehead atoms. The molecule has 2 aliphatic rings. The van der Waals surface area contributed by atoms with Crippen molar-refractivity contribution in [1.29, 1.82) is 0 Å². The molecule has 2 unspecified atom stereocenters. The monoisotopic (exact) mass is 278 g/mol. The number of nitrogen functional groups attached to an aromatic ring is 1. The summed E-state index contributed by atoms with van der Waals surface area (Å²) in [5.41, 5.74) is 8.16. The van der Waals surface area contributed by atoms with Gasteiger partial charge in [0.05, 0.1) is 29.2 Å². The summed E-state index contributed by atoms with van der Waals surface area (Å²) in [4.78, 5) is 12.2. The van der Waals surface area contributed by atoms with Crippen LogP contribution in [-0.2, 0) is 16.1 Å². The van der Waals surface area contributed by atoms with E-state index in [1.807, 2.05) is 13.8 Å². The van der Waals surface area contributed by atoms with Gasteiger partial charge in [0, 0.05) is 6.61 Å². The number of amides is 1. The molecular formula is C14H22N4O2. The molecule has 110 valence electrons. The van der Waals surface area contributed by atoms with E-state index in [2.05, 4.69) is 10.4 Å². The predicted octanol–water partition coefficient (Wildman–Crippen LogP) is 0.766. The lowest BCUT2D eigenvalue weighted by Crippen LogP contribution is -2.43. The fourth-order valence-corrected chi connectivity index (χ4v) is 2.91. The van der Waals surface area contributed by atoms with Crippen molar-refractivity contribution in [2.24, 2.45) is 5.92 Å². The number of nitrogens with two attached hydrogens (primary N) is 1. The van der Waals surface area contributed by atoms with Crippen molar-refractivity contribution >= 4 is 11.6 Å². The molecule has 6 heteroatoms. The summed E-state index contributed by atoms with van der Waals surface area (Å²) in [6.45, 7) is 4.70. The smallest absolute Gasteiger partial charge is 0.242 e. The number of carbonyl (C=O) groups is 1. The van der Waals surface area contributed by atoms with Gasteiger partial charge in [-0.2, -0.15) is 5.10 Å². The summed E-state index contributed by atoms with van der Waals surface area (Å²) >= 11 is 0. The van der Waals surface area contributed by atoms with Crippen LogP contribution in [0.25, 0.3) is 0 Å². The molecule has 1 amide bonds. The molecule has 1 aliphatic carbocycles. The molecule has 2 atom stereocenters. The van der Waals surface area contributed by atoms with Gasteiger partial charge in [-0.15, -0.1) is 0 Å². The third-order valence-electron chi connectivity index (χ3n) is 4.30. The fourth-order valence-electron chi connectivity index (χ4n) is 2.91. The minimum Gasteiger partial charge on any atom is -0.396 e. The van der Waals surface area contributed by atoms with Gasteiger partial charge in [0.1, 0.15) is 6.54 Å². The summed E-state index contributed by atoms with van der Waals surface area (Å²) in [5, 5.41) is 7.38. The van der Waals surface area contributed by atoms with Crippen molar-refractivity contribution in [3.05, 3.63) is 11.4 Å². The van der Waals surface area contributed by atoms with Crippen LogP contribution in [0.2, 0.25) is 0 Å². The van der Waals surface area contributed by atoms with E-state index < -0.39 is 0 Å². The van der Waals surface area contributed by atoms with Crippen LogP contribution in [-0.4, -0.2) is 34.4 Å². The Bertz CT molecular complexity index is 521. The highest BCUT2D eigenvalue weighted by molar-refractivity contribution is 5.76. The molecule has 6 nitrogen and oxygen atoms in total. The number of carbonyl (C=O) groups excluding carboxylic acids is 1. The van der Waals surface area contributed by atoms with E-state index in [-0.39, 0.29) is 24.6 Å². The minimum atomic E-state index is -0.0169. The predicted molar refractivity (Wildman–Crippen MR) is 75.1 cm³/mol. The molecule has 3 rings (SSSR count). The molecule has 0 aromatic carbocycles. The molecule has 3 N–H and O–H groups in total. The molecule has 2 heterocycles. The first-order chi connectivity index (χ1) is 9.56. The van der Waals surface area contributed by atoms with Crippen LogP contribution in [0.3, 0.4) is 0 Å². The summed E-state index contributed by atoms with van der Waals surface area (Å²) in [6, 6.07) is 0.157. The second-order valence-electron chi connectivity index (χ2n) is 5.88. The summed E-state index contributed by atoms with van der Waals surface area (Å²) in [7, 11) is 0. The maximum absolute atomic E-state index is 12.2. The van der Waals surface area contributed by atoms with Crippen LogP contribution in [0.5, 0.6) is 0 Å². The van der Waals surface area contributed by atoms with Crippen LogP contribution in [0.4, 0.5) is 5.69 Å². The number of hydrogen-bond acceptors (Lipinski definition) is 4. The Morgan fingerprint density at radius 1 is 1.45 bits per heavy atom. The second kappa shape index (κ2) is 5.09. The molecule has 0 spiro atoms. The van der Waals surface area contributed by atoms with Crippen LogP contribution >= 0.6 is 0 Å². The zero-order valence-electron chi connectivity index (χ0n) is 12.1. The Labute approximate surface area is 118 Å². The molecule has 2 fully saturated rings. The van der Waals surface area contributed by atoms with Crippen LogP contribution in [0, 0.1) is 19.8 Å². The maximum atomic E-state index is 12.2. The van der Waals surface area contributed by atoms with Gasteiger partial charge in [0.15, 0.2) is 0 Å². The van der Waals surface area contributed by atoms with Gasteiger partial charge in [0.25, 0.3) is 0 Å². The quantitative estimate of drug-likeness (QED) is 0.852. The van der Waals surface area contributed by atoms with E-state index in [9.17, 15) is 4.79 Å². The normalized spacial score (nSPS) is 25.9. The molecule has 20 heavy (non-hydrogen) atoms. The second-order valence-corrected chi connectivity index (χ2v) is 5.88. The number of aryl methyl sites for hydroxylation is 1. The molecule has 1 aromatic heterocycles. The largest absolute Gasteiger partial charge is 0.396 e. The highest BCUT2D eigenvalue weighted by Gasteiger charge is 2.41. The van der Waals surface area contributed by atoms with E-state index >= 15 is 0 Å². The average molecular weight is 278 g/mol. The van der Waals surface area contributed by atoms with Gasteiger partial charge in [-0.3, -0.25) is 9.48 Å². The average Bonchev–Trinajstić information content (AvgIpc) is 3.11. The summed E-state index contributed by atoms with van der Waals surface area (Å²) < 4.78 is 7.40. The first-order valence-electron chi connectivity index (χ1n) is 7.26. The van der Waals surface area contributed by atoms with Crippen molar-refractivity contribution in [2.75, 3.05) is 12.3 Å². The zero-order valence-corrected chi connectivity index (χ0v) is 12.1. The minimum absolute atomic E-state index is 0.0169. The van der Waals surface area contributed by atoms with Crippen molar-refractivity contribution in [2.45, 2.75) is 51.8 Å². The first kappa shape index (κ1) is 13.4. The zero-order chi connectivity index (χ0) is 14.3. The molecular weight excluding hydrogens is 256 g/mol. The number of nitrogens with zero attached hydrogens (tertiary/aromatic N) is 2. The maximum Gasteiger partial charge on any atom is 0.242 e. The van der Waals surface area contributed by atoms with Gasteiger partial charge in [0.2, 0.25) is 5.91 Å². The third-order valence-corrected chi connectivity index (χ3v) is 4.30. The highest BCUT2D eigenvalue weighted by atomic mass is 16.5. The number of hydrogen-bond donors (Lipinski definition) is 2. The Morgan fingerprint density at radius 3 is 2.80 bits per heavy atom. The Balaban J connectivity index is 1.60. The SMILES string of the molecule is Cc1nn(CC(=O)NC2CCOC2C2CC2)c(C)c1N. The lowest BCUT2D eigenvalue weighted by atomic mass is 10.1. The molecule has 0 radical (unpaired) electrons. The Kier molecular flexibility index (Phi) is 3.41. The summed E-state index contributed by atoms with van der Waals surface area (Å²) in [6.07, 6.45) is 3.58. The lowest BCUT2D eigenvalue weighted by molar-refractivity contribution is -0.123. The van der Waals surface area contributed by atoms with Crippen molar-refractivity contribution < 1.29 is 9.53 Å². The Morgan fingerprint density at radius 2 is 2.20 bits per heavy atom. The van der Waals surface area contributed by atoms with Crippen molar-refractivity contribution in [1.82, 2.24) is 15.1 Å². The van der Waals surface area contributed by atoms with Gasteiger partial charge >= 0.3 is 0 Å². The lowest BCUT2D eigenvalue weighted by Gasteiger charge is -2.19. The Hall–Kier alpha value is -1.56. The van der Waals surface area contributed by atoms with E-state index in [1.165, 1.54) is 12.8 Å². The third kappa shape index (κ3) is 2.52. The number of rotatable bonds is 4. The van der Waals surface area contributed by atoms with E-state index in [0.29, 0.717) is 11.6 Å². The van der Waals surface area contributed by atoms with E-state index in [4.69, 9.17) is 10.5 Å². The number of ether oxygens (including phenoxy) is 1. The fraction of sp³-hybridized carbons (Fsp3) is 0.714. The van der Waals surface area contributed by atoms with Crippen molar-refractivity contribution in [3.8, 4) is 0 Å².